The van der Waals surface area contributed by atoms with Crippen LogP contribution >= 0.6 is 27.7 Å². The zero-order valence-corrected chi connectivity index (χ0v) is 13.0. The first kappa shape index (κ1) is 13.2. The predicted octanol–water partition coefficient (Wildman–Crippen LogP) is 3.81. The van der Waals surface area contributed by atoms with Crippen LogP contribution in [0.2, 0.25) is 0 Å². The number of thioether (sulfide) groups is 1. The van der Waals surface area contributed by atoms with E-state index in [-0.39, 0.29) is 10.6 Å². The Balaban J connectivity index is 2.07. The van der Waals surface area contributed by atoms with Gasteiger partial charge in [0.15, 0.2) is 0 Å². The molecule has 2 heterocycles. The molecule has 0 saturated carbocycles. The van der Waals surface area contributed by atoms with Crippen LogP contribution in [-0.4, -0.2) is 20.1 Å². The molecule has 1 unspecified atom stereocenters. The van der Waals surface area contributed by atoms with Crippen molar-refractivity contribution in [2.24, 2.45) is 0 Å². The van der Waals surface area contributed by atoms with Crippen molar-refractivity contribution in [1.29, 1.82) is 0 Å². The summed E-state index contributed by atoms with van der Waals surface area (Å²) in [6, 6.07) is 3.19. The van der Waals surface area contributed by atoms with E-state index in [0.717, 1.165) is 12.1 Å². The largest absolute Gasteiger partial charge is 0.369 e. The predicted molar refractivity (Wildman–Crippen MR) is 81.9 cm³/mol. The quantitative estimate of drug-likeness (QED) is 0.901. The molecule has 1 aromatic heterocycles. The van der Waals surface area contributed by atoms with Gasteiger partial charge >= 0.3 is 0 Å². The average Bonchev–Trinajstić information content (AvgIpc) is 2.88. The zero-order chi connectivity index (χ0) is 13.6. The van der Waals surface area contributed by atoms with Crippen LogP contribution in [-0.2, 0) is 6.54 Å². The summed E-state index contributed by atoms with van der Waals surface area (Å²) in [5.41, 5.74) is 7.50. The highest BCUT2D eigenvalue weighted by Gasteiger charge is 2.31. The Morgan fingerprint density at radius 1 is 1.58 bits per heavy atom. The van der Waals surface area contributed by atoms with E-state index in [9.17, 15) is 4.39 Å². The Morgan fingerprint density at radius 2 is 2.37 bits per heavy atom. The molecule has 0 spiro atoms. The smallest absolute Gasteiger partial charge is 0.201 e. The van der Waals surface area contributed by atoms with Crippen LogP contribution < -0.4 is 5.73 Å². The highest BCUT2D eigenvalue weighted by molar-refractivity contribution is 9.10. The first-order valence-electron chi connectivity index (χ1n) is 6.23. The number of nitrogens with zero attached hydrogens (tertiary/aromatic N) is 2. The number of aromatic nitrogens is 2. The SMILES string of the molecule is CC1(Cn2c(N)nc3cc(F)c(Br)cc32)CCCS1. The Morgan fingerprint density at radius 3 is 3.05 bits per heavy atom. The van der Waals surface area contributed by atoms with Crippen LogP contribution in [0.5, 0.6) is 0 Å². The lowest BCUT2D eigenvalue weighted by molar-refractivity contribution is 0.522. The zero-order valence-electron chi connectivity index (χ0n) is 10.6. The molecule has 102 valence electrons. The number of rotatable bonds is 2. The van der Waals surface area contributed by atoms with E-state index < -0.39 is 0 Å². The average molecular weight is 344 g/mol. The highest BCUT2D eigenvalue weighted by atomic mass is 79.9. The molecule has 1 saturated heterocycles. The second kappa shape index (κ2) is 4.66. The Kier molecular flexibility index (Phi) is 3.25. The van der Waals surface area contributed by atoms with Gasteiger partial charge in [-0.2, -0.15) is 11.8 Å². The number of benzene rings is 1. The standard InChI is InChI=1S/C13H15BrFN3S/c1-13(3-2-4-19-13)7-18-11-5-8(14)9(15)6-10(11)17-12(18)16/h5-6H,2-4,7H2,1H3,(H2,16,17). The molecule has 6 heteroatoms. The van der Waals surface area contributed by atoms with E-state index in [0.29, 0.717) is 15.9 Å². The lowest BCUT2D eigenvalue weighted by atomic mass is 10.1. The van der Waals surface area contributed by atoms with Gasteiger partial charge in [0.2, 0.25) is 5.95 Å². The Hall–Kier alpha value is -0.750. The maximum atomic E-state index is 13.5. The molecule has 1 atom stereocenters. The fourth-order valence-electron chi connectivity index (χ4n) is 2.60. The Bertz CT molecular complexity index is 634. The molecular weight excluding hydrogens is 329 g/mol. The molecule has 0 bridgehead atoms. The molecule has 0 radical (unpaired) electrons. The van der Waals surface area contributed by atoms with Gasteiger partial charge in [0.1, 0.15) is 5.82 Å². The summed E-state index contributed by atoms with van der Waals surface area (Å²) in [6.07, 6.45) is 2.42. The van der Waals surface area contributed by atoms with Gasteiger partial charge in [-0.1, -0.05) is 0 Å². The number of nitrogen functional groups attached to an aromatic ring is 1. The van der Waals surface area contributed by atoms with Gasteiger partial charge in [-0.25, -0.2) is 9.37 Å². The first-order valence-corrected chi connectivity index (χ1v) is 8.01. The van der Waals surface area contributed by atoms with E-state index in [1.54, 1.807) is 6.07 Å². The summed E-state index contributed by atoms with van der Waals surface area (Å²) in [4.78, 5) is 4.26. The second-order valence-corrected chi connectivity index (χ2v) is 7.75. The minimum absolute atomic E-state index is 0.197. The van der Waals surface area contributed by atoms with Gasteiger partial charge in [-0.3, -0.25) is 0 Å². The third-order valence-electron chi connectivity index (χ3n) is 3.61. The monoisotopic (exact) mass is 343 g/mol. The van der Waals surface area contributed by atoms with Gasteiger partial charge in [0.25, 0.3) is 0 Å². The number of imidazole rings is 1. The second-order valence-electron chi connectivity index (χ2n) is 5.21. The summed E-state index contributed by atoms with van der Waals surface area (Å²) in [5, 5.41) is 0. The van der Waals surface area contributed by atoms with Crippen LogP contribution in [0.25, 0.3) is 11.0 Å². The number of anilines is 1. The number of hydrogen-bond acceptors (Lipinski definition) is 3. The van der Waals surface area contributed by atoms with Crippen LogP contribution in [0, 0.1) is 5.82 Å². The van der Waals surface area contributed by atoms with Gasteiger partial charge in [0, 0.05) is 17.4 Å². The van der Waals surface area contributed by atoms with E-state index in [2.05, 4.69) is 27.8 Å². The number of halogens is 2. The molecule has 2 N–H and O–H groups in total. The van der Waals surface area contributed by atoms with Crippen molar-refractivity contribution < 1.29 is 4.39 Å². The first-order chi connectivity index (χ1) is 8.98. The van der Waals surface area contributed by atoms with E-state index in [4.69, 9.17) is 5.73 Å². The van der Waals surface area contributed by atoms with Crippen LogP contribution in [0.15, 0.2) is 16.6 Å². The van der Waals surface area contributed by atoms with Crippen LogP contribution in [0.3, 0.4) is 0 Å². The summed E-state index contributed by atoms with van der Waals surface area (Å²) < 4.78 is 16.2. The molecule has 2 aromatic rings. The topological polar surface area (TPSA) is 43.8 Å². The lowest BCUT2D eigenvalue weighted by Gasteiger charge is -2.24. The normalized spacial score (nSPS) is 23.3. The molecule has 1 aliphatic heterocycles. The summed E-state index contributed by atoms with van der Waals surface area (Å²) >= 11 is 5.20. The molecule has 3 nitrogen and oxygen atoms in total. The van der Waals surface area contributed by atoms with E-state index in [1.165, 1.54) is 24.7 Å². The molecule has 1 aliphatic rings. The van der Waals surface area contributed by atoms with E-state index >= 15 is 0 Å². The van der Waals surface area contributed by atoms with Gasteiger partial charge in [0.05, 0.1) is 15.5 Å². The van der Waals surface area contributed by atoms with Crippen LogP contribution in [0.1, 0.15) is 19.8 Å². The molecular formula is C13H15BrFN3S. The third kappa shape index (κ3) is 2.36. The summed E-state index contributed by atoms with van der Waals surface area (Å²) in [6.45, 7) is 3.08. The molecule has 0 aliphatic carbocycles. The van der Waals surface area contributed by atoms with Crippen molar-refractivity contribution in [3.63, 3.8) is 0 Å². The number of nitrogens with two attached hydrogens (primary N) is 1. The van der Waals surface area contributed by atoms with Crippen molar-refractivity contribution in [1.82, 2.24) is 9.55 Å². The lowest BCUT2D eigenvalue weighted by Crippen LogP contribution is -2.24. The van der Waals surface area contributed by atoms with Crippen molar-refractivity contribution in [3.8, 4) is 0 Å². The fourth-order valence-corrected chi connectivity index (χ4v) is 4.22. The number of fused-ring (bicyclic) bond motifs is 1. The fraction of sp³-hybridized carbons (Fsp3) is 0.462. The van der Waals surface area contributed by atoms with Crippen molar-refractivity contribution in [2.45, 2.75) is 31.1 Å². The minimum Gasteiger partial charge on any atom is -0.369 e. The van der Waals surface area contributed by atoms with Gasteiger partial charge in [-0.15, -0.1) is 0 Å². The third-order valence-corrected chi connectivity index (χ3v) is 5.74. The maximum Gasteiger partial charge on any atom is 0.201 e. The summed E-state index contributed by atoms with van der Waals surface area (Å²) in [7, 11) is 0. The van der Waals surface area contributed by atoms with Gasteiger partial charge < -0.3 is 10.3 Å². The Labute approximate surface area is 123 Å². The molecule has 3 rings (SSSR count). The maximum absolute atomic E-state index is 13.5. The molecule has 0 amide bonds. The molecule has 1 aromatic carbocycles. The van der Waals surface area contributed by atoms with Crippen molar-refractivity contribution in [3.05, 3.63) is 22.4 Å². The minimum atomic E-state index is -0.307. The molecule has 1 fully saturated rings. The van der Waals surface area contributed by atoms with Crippen molar-refractivity contribution >= 4 is 44.7 Å². The summed E-state index contributed by atoms with van der Waals surface area (Å²) in [5.74, 6) is 1.35. The van der Waals surface area contributed by atoms with Crippen molar-refractivity contribution in [2.75, 3.05) is 11.5 Å². The number of hydrogen-bond donors (Lipinski definition) is 1. The van der Waals surface area contributed by atoms with Crippen LogP contribution in [0.4, 0.5) is 10.3 Å². The highest BCUT2D eigenvalue weighted by Crippen LogP contribution is 2.40. The van der Waals surface area contributed by atoms with E-state index in [1.807, 2.05) is 16.3 Å². The van der Waals surface area contributed by atoms with Gasteiger partial charge in [-0.05, 0) is 47.5 Å². The molecule has 19 heavy (non-hydrogen) atoms.